The van der Waals surface area contributed by atoms with Crippen LogP contribution in [-0.4, -0.2) is 23.0 Å². The van der Waals surface area contributed by atoms with E-state index in [0.717, 1.165) is 30.3 Å². The lowest BCUT2D eigenvalue weighted by Crippen LogP contribution is -2.16. The highest BCUT2D eigenvalue weighted by atomic mass is 32.2. The maximum absolute atomic E-state index is 5.14. The first kappa shape index (κ1) is 11.6. The lowest BCUT2D eigenvalue weighted by atomic mass is 10.4. The van der Waals surface area contributed by atoms with Crippen LogP contribution >= 0.6 is 23.1 Å². The monoisotopic (exact) mass is 226 g/mol. The molecule has 0 bridgehead atoms. The number of aromatic nitrogens is 1. The molecule has 0 spiro atoms. The van der Waals surface area contributed by atoms with Crippen LogP contribution in [0.4, 0.5) is 0 Å². The summed E-state index contributed by atoms with van der Waals surface area (Å²) in [6, 6.07) is 0. The number of thioether (sulfide) groups is 1. The number of nitrogens with one attached hydrogen (secondary N) is 1. The van der Waals surface area contributed by atoms with Gasteiger partial charge in [-0.1, -0.05) is 5.92 Å². The summed E-state index contributed by atoms with van der Waals surface area (Å²) in [4.78, 5) is 5.52. The fourth-order valence-electron chi connectivity index (χ4n) is 0.973. The van der Waals surface area contributed by atoms with Crippen molar-refractivity contribution in [2.75, 3.05) is 18.1 Å². The molecule has 0 aliphatic rings. The van der Waals surface area contributed by atoms with Crippen LogP contribution in [0.1, 0.15) is 10.6 Å². The highest BCUT2D eigenvalue weighted by Crippen LogP contribution is 2.10. The van der Waals surface area contributed by atoms with E-state index >= 15 is 0 Å². The first-order valence-corrected chi connectivity index (χ1v) is 6.49. The molecule has 0 amide bonds. The minimum Gasteiger partial charge on any atom is -0.311 e. The molecule has 2 nitrogen and oxygen atoms in total. The Bertz CT molecular complexity index is 301. The highest BCUT2D eigenvalue weighted by molar-refractivity contribution is 7.99. The Morgan fingerprint density at radius 3 is 3.21 bits per heavy atom. The second-order valence-corrected chi connectivity index (χ2v) is 4.84. The Morgan fingerprint density at radius 1 is 1.71 bits per heavy atom. The van der Waals surface area contributed by atoms with Crippen molar-refractivity contribution in [1.82, 2.24) is 10.3 Å². The normalized spacial score (nSPS) is 10.0. The molecule has 0 saturated carbocycles. The van der Waals surface area contributed by atoms with Gasteiger partial charge in [0.15, 0.2) is 0 Å². The Hall–Kier alpha value is -0.500. The van der Waals surface area contributed by atoms with Crippen LogP contribution < -0.4 is 5.32 Å². The minimum absolute atomic E-state index is 0.807. The smallest absolute Gasteiger partial charge is 0.0798 e. The van der Waals surface area contributed by atoms with Crippen molar-refractivity contribution in [3.63, 3.8) is 0 Å². The molecule has 0 unspecified atom stereocenters. The lowest BCUT2D eigenvalue weighted by Gasteiger charge is -2.01. The van der Waals surface area contributed by atoms with Crippen LogP contribution in [0.5, 0.6) is 0 Å². The fourth-order valence-corrected chi connectivity index (χ4v) is 2.27. The molecule has 0 radical (unpaired) electrons. The topological polar surface area (TPSA) is 24.9 Å². The molecule has 1 N–H and O–H groups in total. The Kier molecular flexibility index (Phi) is 5.69. The van der Waals surface area contributed by atoms with Crippen LogP contribution in [0.25, 0.3) is 0 Å². The zero-order chi connectivity index (χ0) is 10.2. The van der Waals surface area contributed by atoms with E-state index in [1.54, 1.807) is 23.1 Å². The van der Waals surface area contributed by atoms with Gasteiger partial charge in [0.2, 0.25) is 0 Å². The standard InChI is InChI=1S/C10H14N2S2/c1-3-5-13-6-4-11-7-10-9(2)12-8-14-10/h1,8,11H,4-7H2,2H3. The van der Waals surface area contributed by atoms with Crippen molar-refractivity contribution in [2.45, 2.75) is 13.5 Å². The van der Waals surface area contributed by atoms with Crippen molar-refractivity contribution >= 4 is 23.1 Å². The summed E-state index contributed by atoms with van der Waals surface area (Å²) in [7, 11) is 0. The molecule has 0 aliphatic heterocycles. The quantitative estimate of drug-likeness (QED) is 0.592. The van der Waals surface area contributed by atoms with Crippen LogP contribution in [0, 0.1) is 19.3 Å². The highest BCUT2D eigenvalue weighted by Gasteiger charge is 1.99. The van der Waals surface area contributed by atoms with Gasteiger partial charge in [0.1, 0.15) is 0 Å². The van der Waals surface area contributed by atoms with Gasteiger partial charge in [0, 0.05) is 23.7 Å². The average molecular weight is 226 g/mol. The van der Waals surface area contributed by atoms with Crippen molar-refractivity contribution in [1.29, 1.82) is 0 Å². The molecule has 1 rings (SSSR count). The maximum atomic E-state index is 5.14. The molecule has 0 atom stereocenters. The van der Waals surface area contributed by atoms with Gasteiger partial charge in [-0.05, 0) is 6.92 Å². The van der Waals surface area contributed by atoms with Crippen LogP contribution in [-0.2, 0) is 6.54 Å². The molecule has 1 aromatic heterocycles. The molecule has 0 fully saturated rings. The molecule has 76 valence electrons. The van der Waals surface area contributed by atoms with E-state index in [4.69, 9.17) is 6.42 Å². The summed E-state index contributed by atoms with van der Waals surface area (Å²) < 4.78 is 0. The van der Waals surface area contributed by atoms with E-state index < -0.39 is 0 Å². The third-order valence-corrected chi connectivity index (χ3v) is 3.54. The molecule has 0 aliphatic carbocycles. The second-order valence-electron chi connectivity index (χ2n) is 2.79. The molecular weight excluding hydrogens is 212 g/mol. The maximum Gasteiger partial charge on any atom is 0.0798 e. The molecule has 1 heterocycles. The number of terminal acetylenes is 1. The van der Waals surface area contributed by atoms with Crippen LogP contribution in [0.15, 0.2) is 5.51 Å². The first-order chi connectivity index (χ1) is 6.84. The largest absolute Gasteiger partial charge is 0.311 e. The van der Waals surface area contributed by atoms with Gasteiger partial charge in [0.25, 0.3) is 0 Å². The van der Waals surface area contributed by atoms with Gasteiger partial charge < -0.3 is 5.32 Å². The zero-order valence-electron chi connectivity index (χ0n) is 8.25. The Balaban J connectivity index is 2.05. The first-order valence-electron chi connectivity index (χ1n) is 4.45. The van der Waals surface area contributed by atoms with E-state index in [-0.39, 0.29) is 0 Å². The molecule has 0 aromatic carbocycles. The van der Waals surface area contributed by atoms with Crippen molar-refractivity contribution < 1.29 is 0 Å². The number of hydrogen-bond donors (Lipinski definition) is 1. The van der Waals surface area contributed by atoms with Gasteiger partial charge >= 0.3 is 0 Å². The number of hydrogen-bond acceptors (Lipinski definition) is 4. The van der Waals surface area contributed by atoms with E-state index in [9.17, 15) is 0 Å². The number of nitrogens with zero attached hydrogens (tertiary/aromatic N) is 1. The van der Waals surface area contributed by atoms with Gasteiger partial charge in [-0.3, -0.25) is 0 Å². The third kappa shape index (κ3) is 4.14. The summed E-state index contributed by atoms with van der Waals surface area (Å²) >= 11 is 3.49. The molecule has 0 saturated heterocycles. The summed E-state index contributed by atoms with van der Waals surface area (Å²) in [6.07, 6.45) is 5.14. The fraction of sp³-hybridized carbons (Fsp3) is 0.500. The second kappa shape index (κ2) is 6.88. The average Bonchev–Trinajstić information content (AvgIpc) is 2.58. The number of rotatable bonds is 6. The van der Waals surface area contributed by atoms with E-state index in [1.165, 1.54) is 4.88 Å². The summed E-state index contributed by atoms with van der Waals surface area (Å²) in [5.41, 5.74) is 3.03. The van der Waals surface area contributed by atoms with Crippen molar-refractivity contribution in [3.05, 3.63) is 16.1 Å². The molecule has 14 heavy (non-hydrogen) atoms. The molecule has 4 heteroatoms. The molecule has 1 aromatic rings. The van der Waals surface area contributed by atoms with Crippen LogP contribution in [0.3, 0.4) is 0 Å². The van der Waals surface area contributed by atoms with E-state index in [1.807, 2.05) is 12.4 Å². The van der Waals surface area contributed by atoms with E-state index in [0.29, 0.717) is 0 Å². The summed E-state index contributed by atoms with van der Waals surface area (Å²) in [5.74, 6) is 4.49. The van der Waals surface area contributed by atoms with Crippen molar-refractivity contribution in [3.8, 4) is 12.3 Å². The number of thiazole rings is 1. The number of aryl methyl sites for hydroxylation is 1. The van der Waals surface area contributed by atoms with Gasteiger partial charge in [0.05, 0.1) is 17.0 Å². The van der Waals surface area contributed by atoms with E-state index in [2.05, 4.69) is 16.2 Å². The lowest BCUT2D eigenvalue weighted by molar-refractivity contribution is 0.736. The predicted molar refractivity (Wildman–Crippen MR) is 64.7 cm³/mol. The third-order valence-electron chi connectivity index (χ3n) is 1.74. The Labute approximate surface area is 93.5 Å². The Morgan fingerprint density at radius 2 is 2.57 bits per heavy atom. The summed E-state index contributed by atoms with van der Waals surface area (Å²) in [6.45, 7) is 3.97. The van der Waals surface area contributed by atoms with Crippen LogP contribution in [0.2, 0.25) is 0 Å². The minimum atomic E-state index is 0.807. The van der Waals surface area contributed by atoms with Gasteiger partial charge in [-0.2, -0.15) is 0 Å². The predicted octanol–water partition coefficient (Wildman–Crippen LogP) is 1.91. The van der Waals surface area contributed by atoms with Crippen molar-refractivity contribution in [2.24, 2.45) is 0 Å². The summed E-state index contributed by atoms with van der Waals surface area (Å²) in [5, 5.41) is 3.37. The van der Waals surface area contributed by atoms with Gasteiger partial charge in [-0.25, -0.2) is 4.98 Å². The van der Waals surface area contributed by atoms with Gasteiger partial charge in [-0.15, -0.1) is 29.5 Å². The molecular formula is C10H14N2S2. The zero-order valence-corrected chi connectivity index (χ0v) is 9.88. The SMILES string of the molecule is C#CCSCCNCc1scnc1C.